The second-order valence-corrected chi connectivity index (χ2v) is 10.9. The van der Waals surface area contributed by atoms with Gasteiger partial charge in [-0.1, -0.05) is 65.7 Å². The number of nitrogens with zero attached hydrogens (tertiary/aromatic N) is 2. The van der Waals surface area contributed by atoms with Crippen LogP contribution in [0.4, 0.5) is 4.39 Å². The summed E-state index contributed by atoms with van der Waals surface area (Å²) in [6, 6.07) is 16.0. The molecule has 1 heterocycles. The Morgan fingerprint density at radius 1 is 1.05 bits per heavy atom. The van der Waals surface area contributed by atoms with Crippen LogP contribution >= 0.6 is 23.2 Å². The van der Waals surface area contributed by atoms with Gasteiger partial charge >= 0.3 is 0 Å². The lowest BCUT2D eigenvalue weighted by molar-refractivity contribution is -0.130. The van der Waals surface area contributed by atoms with Crippen LogP contribution in [-0.4, -0.2) is 52.9 Å². The summed E-state index contributed by atoms with van der Waals surface area (Å²) in [5, 5.41) is 2.68. The summed E-state index contributed by atoms with van der Waals surface area (Å²) in [7, 11) is 1.68. The first kappa shape index (κ1) is 30.2. The van der Waals surface area contributed by atoms with Crippen LogP contribution in [0.15, 0.2) is 60.7 Å². The Hall–Kier alpha value is -3.75. The van der Waals surface area contributed by atoms with Crippen molar-refractivity contribution in [3.05, 3.63) is 104 Å². The number of hydrogen-bond acceptors (Lipinski definition) is 4. The van der Waals surface area contributed by atoms with Gasteiger partial charge in [0.05, 0.1) is 21.7 Å². The zero-order chi connectivity index (χ0) is 29.7. The third-order valence-corrected chi connectivity index (χ3v) is 7.80. The first-order valence-electron chi connectivity index (χ1n) is 13.2. The highest BCUT2D eigenvalue weighted by atomic mass is 35.5. The van der Waals surface area contributed by atoms with E-state index in [4.69, 9.17) is 23.2 Å². The Balaban J connectivity index is 1.44. The highest BCUT2D eigenvalue weighted by Crippen LogP contribution is 2.35. The van der Waals surface area contributed by atoms with E-state index in [0.717, 1.165) is 5.56 Å². The molecule has 1 aliphatic rings. The lowest BCUT2D eigenvalue weighted by atomic mass is 9.95. The van der Waals surface area contributed by atoms with Gasteiger partial charge in [0.1, 0.15) is 5.82 Å². The number of carbonyl (C=O) groups is 4. The van der Waals surface area contributed by atoms with Gasteiger partial charge in [0.25, 0.3) is 11.8 Å². The molecule has 4 rings (SSSR count). The molecular formula is C31H30Cl2FN3O4. The van der Waals surface area contributed by atoms with Gasteiger partial charge in [-0.3, -0.25) is 19.2 Å². The summed E-state index contributed by atoms with van der Waals surface area (Å²) in [5.74, 6) is -1.86. The van der Waals surface area contributed by atoms with Gasteiger partial charge in [0.2, 0.25) is 5.91 Å². The van der Waals surface area contributed by atoms with Crippen LogP contribution in [0.5, 0.6) is 0 Å². The molecule has 0 radical (unpaired) electrons. The Kier molecular flexibility index (Phi) is 9.78. The summed E-state index contributed by atoms with van der Waals surface area (Å²) < 4.78 is 13.6. The number of halogens is 3. The molecule has 3 amide bonds. The summed E-state index contributed by atoms with van der Waals surface area (Å²) >= 11 is 13.1. The summed E-state index contributed by atoms with van der Waals surface area (Å²) in [6.45, 7) is 2.30. The molecule has 0 saturated heterocycles. The summed E-state index contributed by atoms with van der Waals surface area (Å²) in [4.78, 5) is 54.7. The van der Waals surface area contributed by atoms with E-state index in [-0.39, 0.29) is 64.0 Å². The van der Waals surface area contributed by atoms with Gasteiger partial charge < -0.3 is 15.1 Å². The molecule has 1 atom stereocenters. The second kappa shape index (κ2) is 13.3. The average Bonchev–Trinajstić information content (AvgIpc) is 2.93. The highest BCUT2D eigenvalue weighted by Gasteiger charge is 2.31. The predicted octanol–water partition coefficient (Wildman–Crippen LogP) is 5.46. The van der Waals surface area contributed by atoms with Crippen LogP contribution in [0.3, 0.4) is 0 Å². The fourth-order valence-electron chi connectivity index (χ4n) is 4.84. The Labute approximate surface area is 248 Å². The zero-order valence-electron chi connectivity index (χ0n) is 22.8. The summed E-state index contributed by atoms with van der Waals surface area (Å²) in [5.41, 5.74) is 2.35. The van der Waals surface area contributed by atoms with Crippen molar-refractivity contribution < 1.29 is 23.6 Å². The van der Waals surface area contributed by atoms with E-state index in [1.807, 2.05) is 30.3 Å². The molecule has 214 valence electrons. The van der Waals surface area contributed by atoms with Crippen molar-refractivity contribution in [2.75, 3.05) is 13.6 Å². The number of nitrogens with one attached hydrogen (secondary N) is 1. The van der Waals surface area contributed by atoms with Gasteiger partial charge in [-0.15, -0.1) is 0 Å². The zero-order valence-corrected chi connectivity index (χ0v) is 24.3. The van der Waals surface area contributed by atoms with Gasteiger partial charge in [-0.2, -0.15) is 0 Å². The van der Waals surface area contributed by atoms with E-state index in [9.17, 15) is 23.6 Å². The van der Waals surface area contributed by atoms with E-state index < -0.39 is 11.9 Å². The van der Waals surface area contributed by atoms with Crippen LogP contribution in [0.25, 0.3) is 0 Å². The van der Waals surface area contributed by atoms with Crippen LogP contribution < -0.4 is 5.32 Å². The lowest BCUT2D eigenvalue weighted by Gasteiger charge is -2.30. The van der Waals surface area contributed by atoms with Gasteiger partial charge in [-0.05, 0) is 54.7 Å². The maximum Gasteiger partial charge on any atom is 0.254 e. The van der Waals surface area contributed by atoms with Gasteiger partial charge in [-0.25, -0.2) is 4.39 Å². The minimum absolute atomic E-state index is 0.0303. The topological polar surface area (TPSA) is 86.8 Å². The van der Waals surface area contributed by atoms with Crippen LogP contribution in [0.1, 0.15) is 57.2 Å². The molecular weight excluding hydrogens is 568 g/mol. The normalized spacial score (nSPS) is 13.4. The van der Waals surface area contributed by atoms with Crippen molar-refractivity contribution in [2.24, 2.45) is 0 Å². The van der Waals surface area contributed by atoms with E-state index in [0.29, 0.717) is 30.6 Å². The molecule has 0 fully saturated rings. The molecule has 0 spiro atoms. The number of ketones is 1. The van der Waals surface area contributed by atoms with Crippen molar-refractivity contribution in [3.8, 4) is 0 Å². The summed E-state index contributed by atoms with van der Waals surface area (Å²) in [6.07, 6.45) is 0.521. The van der Waals surface area contributed by atoms with Crippen molar-refractivity contribution in [3.63, 3.8) is 0 Å². The second-order valence-electron chi connectivity index (χ2n) is 10.1. The number of carbonyl (C=O) groups excluding carboxylic acids is 4. The van der Waals surface area contributed by atoms with Crippen molar-refractivity contribution in [2.45, 2.75) is 45.3 Å². The predicted molar refractivity (Wildman–Crippen MR) is 155 cm³/mol. The van der Waals surface area contributed by atoms with E-state index in [1.165, 1.54) is 25.1 Å². The maximum atomic E-state index is 13.6. The SMILES string of the molecule is CC(=O)[C@H](CCC(=O)N(C)Cc1ccccc1)NC(=O)c1c(Cl)cc2c(c1Cl)CCN(Cc1cccc(F)c1)C2=O. The monoisotopic (exact) mass is 597 g/mol. The largest absolute Gasteiger partial charge is 0.342 e. The number of benzene rings is 3. The van der Waals surface area contributed by atoms with Crippen molar-refractivity contribution in [1.82, 2.24) is 15.1 Å². The number of fused-ring (bicyclic) bond motifs is 1. The Morgan fingerprint density at radius 2 is 1.76 bits per heavy atom. The van der Waals surface area contributed by atoms with E-state index in [1.54, 1.807) is 29.0 Å². The molecule has 0 saturated carbocycles. The molecule has 0 bridgehead atoms. The van der Waals surface area contributed by atoms with E-state index in [2.05, 4.69) is 5.32 Å². The highest BCUT2D eigenvalue weighted by molar-refractivity contribution is 6.41. The number of Topliss-reactive ketones (excluding diaryl/α,β-unsaturated/α-hetero) is 1. The minimum atomic E-state index is -0.928. The standard InChI is InChI=1S/C31H30Cl2FN3O4/c1-19(38)26(11-12-27(39)36(2)17-20-7-4-3-5-8-20)35-30(40)28-25(32)16-24-23(29(28)33)13-14-37(31(24)41)18-21-9-6-10-22(34)15-21/h3-10,15-16,26H,11-14,17-18H2,1-2H3,(H,35,40)/t26-/m0/s1. The minimum Gasteiger partial charge on any atom is -0.342 e. The van der Waals surface area contributed by atoms with Gasteiger partial charge in [0, 0.05) is 38.7 Å². The van der Waals surface area contributed by atoms with Crippen molar-refractivity contribution in [1.29, 1.82) is 0 Å². The van der Waals surface area contributed by atoms with Crippen LogP contribution in [0.2, 0.25) is 10.0 Å². The molecule has 3 aromatic rings. The Morgan fingerprint density at radius 3 is 2.44 bits per heavy atom. The number of amides is 3. The third kappa shape index (κ3) is 7.31. The van der Waals surface area contributed by atoms with Gasteiger partial charge in [0.15, 0.2) is 5.78 Å². The molecule has 41 heavy (non-hydrogen) atoms. The van der Waals surface area contributed by atoms with Crippen molar-refractivity contribution >= 4 is 46.7 Å². The Bertz CT molecular complexity index is 1480. The fourth-order valence-corrected chi connectivity index (χ4v) is 5.56. The van der Waals surface area contributed by atoms with Crippen LogP contribution in [0, 0.1) is 5.82 Å². The van der Waals surface area contributed by atoms with E-state index >= 15 is 0 Å². The lowest BCUT2D eigenvalue weighted by Crippen LogP contribution is -2.41. The first-order valence-corrected chi connectivity index (χ1v) is 13.9. The first-order chi connectivity index (χ1) is 19.5. The quantitative estimate of drug-likeness (QED) is 0.336. The smallest absolute Gasteiger partial charge is 0.254 e. The average molecular weight is 599 g/mol. The molecule has 0 aliphatic carbocycles. The molecule has 7 nitrogen and oxygen atoms in total. The molecule has 3 aromatic carbocycles. The third-order valence-electron chi connectivity index (χ3n) is 7.09. The molecule has 1 N–H and O–H groups in total. The molecule has 10 heteroatoms. The molecule has 0 unspecified atom stereocenters. The maximum absolute atomic E-state index is 13.6. The number of rotatable bonds is 10. The fraction of sp³-hybridized carbons (Fsp3) is 0.290. The van der Waals surface area contributed by atoms with Crippen LogP contribution in [-0.2, 0) is 29.1 Å². The number of hydrogen-bond donors (Lipinski definition) is 1. The molecule has 0 aromatic heterocycles. The molecule has 1 aliphatic heterocycles.